The Hall–Kier alpha value is -2.30. The minimum atomic E-state index is -4.04. The number of rotatable bonds is 9. The van der Waals surface area contributed by atoms with E-state index in [4.69, 9.17) is 14.2 Å². The molecular formula is C17H23NO8S. The lowest BCUT2D eigenvalue weighted by atomic mass is 10.2. The van der Waals surface area contributed by atoms with Gasteiger partial charge in [0.25, 0.3) is 5.69 Å². The van der Waals surface area contributed by atoms with Crippen LogP contribution in [-0.2, 0) is 28.8 Å². The number of sulfone groups is 1. The molecule has 0 heterocycles. The average Bonchev–Trinajstić information content (AvgIpc) is 2.56. The molecule has 9 nitrogen and oxygen atoms in total. The SMILES string of the molecule is COCCOC/C(=C/S(=O)(=O)c1ccc([N+](=O)[O-])cc1)C(=O)OC(C)(C)C. The van der Waals surface area contributed by atoms with Gasteiger partial charge in [-0.15, -0.1) is 0 Å². The molecule has 0 radical (unpaired) electrons. The van der Waals surface area contributed by atoms with E-state index in [1.54, 1.807) is 20.8 Å². The Bertz CT molecular complexity index is 791. The second-order valence-corrected chi connectivity index (χ2v) is 8.28. The van der Waals surface area contributed by atoms with Crippen molar-refractivity contribution in [2.24, 2.45) is 0 Å². The zero-order valence-corrected chi connectivity index (χ0v) is 16.4. The highest BCUT2D eigenvalue weighted by Gasteiger charge is 2.23. The molecule has 0 atom stereocenters. The first kappa shape index (κ1) is 22.7. The largest absolute Gasteiger partial charge is 0.457 e. The lowest BCUT2D eigenvalue weighted by Crippen LogP contribution is -2.26. The van der Waals surface area contributed by atoms with Crippen molar-refractivity contribution in [3.8, 4) is 0 Å². The number of methoxy groups -OCH3 is 1. The van der Waals surface area contributed by atoms with Crippen molar-refractivity contribution in [1.29, 1.82) is 0 Å². The number of hydrogen-bond acceptors (Lipinski definition) is 8. The van der Waals surface area contributed by atoms with Crippen molar-refractivity contribution in [3.05, 3.63) is 45.4 Å². The highest BCUT2D eigenvalue weighted by atomic mass is 32.2. The van der Waals surface area contributed by atoms with Gasteiger partial charge >= 0.3 is 5.97 Å². The molecule has 150 valence electrons. The number of nitro groups is 1. The summed E-state index contributed by atoms with van der Waals surface area (Å²) in [5.74, 6) is -0.828. The topological polar surface area (TPSA) is 122 Å². The van der Waals surface area contributed by atoms with Crippen LogP contribution >= 0.6 is 0 Å². The third kappa shape index (κ3) is 7.85. The predicted octanol–water partition coefficient (Wildman–Crippen LogP) is 2.26. The third-order valence-electron chi connectivity index (χ3n) is 3.02. The van der Waals surface area contributed by atoms with E-state index < -0.39 is 26.3 Å². The van der Waals surface area contributed by atoms with Crippen LogP contribution in [0.2, 0.25) is 0 Å². The maximum Gasteiger partial charge on any atom is 0.337 e. The van der Waals surface area contributed by atoms with Crippen molar-refractivity contribution < 1.29 is 32.3 Å². The number of nitro benzene ring substituents is 1. The molecule has 27 heavy (non-hydrogen) atoms. The van der Waals surface area contributed by atoms with Crippen LogP contribution in [0.25, 0.3) is 0 Å². The summed E-state index contributed by atoms with van der Waals surface area (Å²) in [4.78, 5) is 22.2. The van der Waals surface area contributed by atoms with Gasteiger partial charge in [-0.1, -0.05) is 0 Å². The summed E-state index contributed by atoms with van der Waals surface area (Å²) in [6.45, 7) is 5.10. The second kappa shape index (κ2) is 9.58. The van der Waals surface area contributed by atoms with Crippen LogP contribution < -0.4 is 0 Å². The molecule has 0 saturated carbocycles. The maximum atomic E-state index is 12.5. The molecule has 0 aromatic heterocycles. The van der Waals surface area contributed by atoms with E-state index in [1.165, 1.54) is 7.11 Å². The molecule has 0 saturated heterocycles. The Morgan fingerprint density at radius 3 is 2.26 bits per heavy atom. The lowest BCUT2D eigenvalue weighted by Gasteiger charge is -2.20. The van der Waals surface area contributed by atoms with E-state index in [-0.39, 0.29) is 36.0 Å². The number of benzene rings is 1. The van der Waals surface area contributed by atoms with Crippen molar-refractivity contribution in [3.63, 3.8) is 0 Å². The second-order valence-electron chi connectivity index (χ2n) is 6.49. The Labute approximate surface area is 158 Å². The summed E-state index contributed by atoms with van der Waals surface area (Å²) in [5, 5.41) is 11.4. The lowest BCUT2D eigenvalue weighted by molar-refractivity contribution is -0.384. The Morgan fingerprint density at radius 2 is 1.78 bits per heavy atom. The molecule has 1 aromatic rings. The highest BCUT2D eigenvalue weighted by Crippen LogP contribution is 2.20. The summed E-state index contributed by atoms with van der Waals surface area (Å²) in [7, 11) is -2.56. The first-order valence-electron chi connectivity index (χ1n) is 7.96. The Kier molecular flexibility index (Phi) is 8.07. The summed E-state index contributed by atoms with van der Waals surface area (Å²) >= 11 is 0. The molecule has 10 heteroatoms. The Morgan fingerprint density at radius 1 is 1.19 bits per heavy atom. The van der Waals surface area contributed by atoms with Crippen molar-refractivity contribution in [1.82, 2.24) is 0 Å². The van der Waals surface area contributed by atoms with Crippen LogP contribution in [0.5, 0.6) is 0 Å². The number of carbonyl (C=O) groups is 1. The fourth-order valence-electron chi connectivity index (χ4n) is 1.82. The van der Waals surface area contributed by atoms with Gasteiger partial charge in [-0.05, 0) is 32.9 Å². The standard InChI is InChI=1S/C17H23NO8S/c1-17(2,3)26-16(19)13(11-25-10-9-24-4)12-27(22,23)15-7-5-14(6-8-15)18(20)21/h5-8,12H,9-11H2,1-4H3/b13-12-. The van der Waals surface area contributed by atoms with Gasteiger partial charge in [0.15, 0.2) is 9.84 Å². The first-order chi connectivity index (χ1) is 12.5. The van der Waals surface area contributed by atoms with Gasteiger partial charge < -0.3 is 14.2 Å². The van der Waals surface area contributed by atoms with E-state index in [1.807, 2.05) is 0 Å². The van der Waals surface area contributed by atoms with E-state index in [9.17, 15) is 23.3 Å². The molecule has 0 N–H and O–H groups in total. The molecule has 0 unspecified atom stereocenters. The molecule has 0 aliphatic rings. The van der Waals surface area contributed by atoms with Crippen molar-refractivity contribution in [2.45, 2.75) is 31.3 Å². The van der Waals surface area contributed by atoms with Crippen LogP contribution in [-0.4, -0.2) is 51.8 Å². The van der Waals surface area contributed by atoms with Crippen molar-refractivity contribution in [2.75, 3.05) is 26.9 Å². The molecule has 1 aromatic carbocycles. The number of esters is 1. The maximum absolute atomic E-state index is 12.5. The summed E-state index contributed by atoms with van der Waals surface area (Å²) in [6, 6.07) is 4.34. The molecule has 0 amide bonds. The number of nitrogens with zero attached hydrogens (tertiary/aromatic N) is 1. The zero-order valence-electron chi connectivity index (χ0n) is 15.6. The van der Waals surface area contributed by atoms with Crippen LogP contribution in [0, 0.1) is 10.1 Å². The summed E-state index contributed by atoms with van der Waals surface area (Å²) in [5.41, 5.74) is -1.26. The predicted molar refractivity (Wildman–Crippen MR) is 96.9 cm³/mol. The van der Waals surface area contributed by atoms with Crippen LogP contribution in [0.15, 0.2) is 40.1 Å². The normalized spacial score (nSPS) is 12.7. The molecule has 0 aliphatic heterocycles. The molecule has 0 fully saturated rings. The fraction of sp³-hybridized carbons (Fsp3) is 0.471. The van der Waals surface area contributed by atoms with Gasteiger partial charge in [-0.2, -0.15) is 0 Å². The monoisotopic (exact) mass is 401 g/mol. The van der Waals surface area contributed by atoms with E-state index >= 15 is 0 Å². The van der Waals surface area contributed by atoms with Crippen LogP contribution in [0.3, 0.4) is 0 Å². The summed E-state index contributed by atoms with van der Waals surface area (Å²) < 4.78 is 40.4. The minimum absolute atomic E-state index is 0.161. The fourth-order valence-corrected chi connectivity index (χ4v) is 3.01. The van der Waals surface area contributed by atoms with Crippen molar-refractivity contribution >= 4 is 21.5 Å². The quantitative estimate of drug-likeness (QED) is 0.203. The van der Waals surface area contributed by atoms with Gasteiger partial charge in [0.1, 0.15) is 5.60 Å². The van der Waals surface area contributed by atoms with Gasteiger partial charge in [-0.25, -0.2) is 13.2 Å². The van der Waals surface area contributed by atoms with E-state index in [0.717, 1.165) is 29.7 Å². The molecule has 0 bridgehead atoms. The highest BCUT2D eigenvalue weighted by molar-refractivity contribution is 7.94. The zero-order chi connectivity index (χ0) is 20.7. The number of ether oxygens (including phenoxy) is 3. The average molecular weight is 401 g/mol. The minimum Gasteiger partial charge on any atom is -0.457 e. The molecule has 1 rings (SSSR count). The van der Waals surface area contributed by atoms with Gasteiger partial charge in [0.05, 0.1) is 35.2 Å². The number of non-ortho nitro benzene ring substituents is 1. The van der Waals surface area contributed by atoms with E-state index in [0.29, 0.717) is 0 Å². The van der Waals surface area contributed by atoms with Crippen LogP contribution in [0.1, 0.15) is 20.8 Å². The Balaban J connectivity index is 3.14. The van der Waals surface area contributed by atoms with Gasteiger partial charge in [-0.3, -0.25) is 10.1 Å². The molecule has 0 spiro atoms. The summed E-state index contributed by atoms with van der Waals surface area (Å²) in [6.07, 6.45) is 0. The smallest absolute Gasteiger partial charge is 0.337 e. The first-order valence-corrected chi connectivity index (χ1v) is 9.51. The van der Waals surface area contributed by atoms with Gasteiger partial charge in [0, 0.05) is 24.7 Å². The molecule has 0 aliphatic carbocycles. The number of carbonyl (C=O) groups excluding carboxylic acids is 1. The molecular weight excluding hydrogens is 378 g/mol. The van der Waals surface area contributed by atoms with Gasteiger partial charge in [0.2, 0.25) is 0 Å². The van der Waals surface area contributed by atoms with E-state index in [2.05, 4.69) is 0 Å². The van der Waals surface area contributed by atoms with Crippen LogP contribution in [0.4, 0.5) is 5.69 Å². The number of hydrogen-bond donors (Lipinski definition) is 0. The third-order valence-corrected chi connectivity index (χ3v) is 4.55.